The minimum absolute atomic E-state index is 0.617. The van der Waals surface area contributed by atoms with Crippen LogP contribution in [0.15, 0.2) is 30.5 Å². The molecule has 0 unspecified atom stereocenters. The molecule has 0 aliphatic heterocycles. The van der Waals surface area contributed by atoms with Crippen LogP contribution in [-0.2, 0) is 6.54 Å². The second kappa shape index (κ2) is 4.97. The summed E-state index contributed by atoms with van der Waals surface area (Å²) in [5.41, 5.74) is 1.55. The van der Waals surface area contributed by atoms with Gasteiger partial charge in [-0.25, -0.2) is 4.98 Å². The van der Waals surface area contributed by atoms with Crippen molar-refractivity contribution in [2.24, 2.45) is 0 Å². The highest BCUT2D eigenvalue weighted by Gasteiger charge is 2.00. The first-order valence-electron chi connectivity index (χ1n) is 4.62. The first kappa shape index (κ1) is 10.9. The molecule has 16 heavy (non-hydrogen) atoms. The monoisotopic (exact) mass is 249 g/mol. The Labute approximate surface area is 102 Å². The van der Waals surface area contributed by atoms with E-state index in [0.29, 0.717) is 16.4 Å². The van der Waals surface area contributed by atoms with Gasteiger partial charge in [-0.1, -0.05) is 17.7 Å². The normalized spacial score (nSPS) is 9.75. The number of nitrogens with one attached hydrogen (secondary N) is 1. The molecule has 2 aromatic rings. The first-order chi connectivity index (χ1) is 7.78. The zero-order valence-electron chi connectivity index (χ0n) is 8.27. The lowest BCUT2D eigenvalue weighted by Gasteiger charge is -2.03. The second-order valence-electron chi connectivity index (χ2n) is 3.10. The highest BCUT2D eigenvalue weighted by atomic mass is 35.5. The molecule has 80 valence electrons. The van der Waals surface area contributed by atoms with Gasteiger partial charge >= 0.3 is 0 Å². The van der Waals surface area contributed by atoms with Crippen LogP contribution in [0, 0.1) is 11.3 Å². The van der Waals surface area contributed by atoms with Crippen molar-refractivity contribution in [1.29, 1.82) is 5.26 Å². The number of nitriles is 1. The Morgan fingerprint density at radius 1 is 1.50 bits per heavy atom. The maximum atomic E-state index is 8.75. The average molecular weight is 250 g/mol. The molecule has 3 nitrogen and oxygen atoms in total. The topological polar surface area (TPSA) is 48.7 Å². The van der Waals surface area contributed by atoms with Crippen LogP contribution >= 0.6 is 22.9 Å². The molecule has 1 aromatic carbocycles. The number of thiazole rings is 1. The minimum Gasteiger partial charge on any atom is -0.378 e. The van der Waals surface area contributed by atoms with E-state index in [2.05, 4.69) is 16.4 Å². The summed E-state index contributed by atoms with van der Waals surface area (Å²) in [6.07, 6.45) is 1.63. The van der Waals surface area contributed by atoms with E-state index in [4.69, 9.17) is 16.9 Å². The summed E-state index contributed by atoms with van der Waals surface area (Å²) >= 11 is 7.22. The third-order valence-electron chi connectivity index (χ3n) is 1.96. The predicted octanol–water partition coefficient (Wildman–Crippen LogP) is 3.28. The fourth-order valence-electron chi connectivity index (χ4n) is 1.25. The average Bonchev–Trinajstić information content (AvgIpc) is 2.73. The number of benzene rings is 1. The van der Waals surface area contributed by atoms with Crippen LogP contribution in [0.3, 0.4) is 0 Å². The zero-order chi connectivity index (χ0) is 11.4. The number of anilines is 1. The van der Waals surface area contributed by atoms with Crippen LogP contribution in [-0.4, -0.2) is 4.98 Å². The summed E-state index contributed by atoms with van der Waals surface area (Å²) in [4.78, 5) is 4.13. The van der Waals surface area contributed by atoms with Gasteiger partial charge < -0.3 is 5.32 Å². The molecule has 0 fully saturated rings. The van der Waals surface area contributed by atoms with Gasteiger partial charge in [-0.3, -0.25) is 0 Å². The van der Waals surface area contributed by atoms with Gasteiger partial charge in [0.1, 0.15) is 9.34 Å². The summed E-state index contributed by atoms with van der Waals surface area (Å²) in [7, 11) is 0. The van der Waals surface area contributed by atoms with Crippen molar-refractivity contribution >= 4 is 28.6 Å². The smallest absolute Gasteiger partial charge is 0.113 e. The van der Waals surface area contributed by atoms with Gasteiger partial charge in [0.15, 0.2) is 0 Å². The van der Waals surface area contributed by atoms with Crippen LogP contribution in [0.2, 0.25) is 4.34 Å². The van der Waals surface area contributed by atoms with E-state index in [0.717, 1.165) is 10.7 Å². The van der Waals surface area contributed by atoms with E-state index >= 15 is 0 Å². The number of rotatable bonds is 3. The molecular formula is C11H8ClN3S. The van der Waals surface area contributed by atoms with Gasteiger partial charge in [0, 0.05) is 5.69 Å². The first-order valence-corrected chi connectivity index (χ1v) is 5.81. The zero-order valence-corrected chi connectivity index (χ0v) is 9.85. The minimum atomic E-state index is 0.617. The van der Waals surface area contributed by atoms with Gasteiger partial charge in [-0.2, -0.15) is 5.26 Å². The molecule has 0 atom stereocenters. The lowest BCUT2D eigenvalue weighted by Crippen LogP contribution is -1.98. The molecule has 1 N–H and O–H groups in total. The summed E-state index contributed by atoms with van der Waals surface area (Å²) in [6.45, 7) is 0.617. The lowest BCUT2D eigenvalue weighted by atomic mass is 10.2. The van der Waals surface area contributed by atoms with Crippen LogP contribution in [0.4, 0.5) is 5.69 Å². The maximum absolute atomic E-state index is 8.75. The summed E-state index contributed by atoms with van der Waals surface area (Å²) in [5, 5.41) is 12.9. The quantitative estimate of drug-likeness (QED) is 0.908. The Bertz CT molecular complexity index is 530. The van der Waals surface area contributed by atoms with Crippen LogP contribution in [0.1, 0.15) is 10.6 Å². The van der Waals surface area contributed by atoms with Crippen molar-refractivity contribution in [3.05, 3.63) is 45.4 Å². The molecule has 0 bridgehead atoms. The fraction of sp³-hybridized carbons (Fsp3) is 0.0909. The van der Waals surface area contributed by atoms with E-state index in [1.165, 1.54) is 11.3 Å². The molecule has 0 radical (unpaired) electrons. The Kier molecular flexibility index (Phi) is 3.40. The Hall–Kier alpha value is -1.57. The van der Waals surface area contributed by atoms with Crippen molar-refractivity contribution in [2.45, 2.75) is 6.54 Å². The van der Waals surface area contributed by atoms with Gasteiger partial charge in [-0.15, -0.1) is 11.3 Å². The van der Waals surface area contributed by atoms with Crippen LogP contribution < -0.4 is 5.32 Å². The molecule has 0 saturated carbocycles. The fourth-order valence-corrected chi connectivity index (χ4v) is 2.14. The van der Waals surface area contributed by atoms with Crippen molar-refractivity contribution in [1.82, 2.24) is 4.98 Å². The second-order valence-corrected chi connectivity index (χ2v) is 4.85. The third kappa shape index (κ3) is 2.72. The van der Waals surface area contributed by atoms with Gasteiger partial charge in [0.2, 0.25) is 0 Å². The molecule has 0 amide bonds. The largest absolute Gasteiger partial charge is 0.378 e. The molecule has 0 aliphatic rings. The van der Waals surface area contributed by atoms with E-state index in [9.17, 15) is 0 Å². The SMILES string of the molecule is N#Cc1cccc(NCc2ncc(Cl)s2)c1. The van der Waals surface area contributed by atoms with E-state index in [-0.39, 0.29) is 0 Å². The van der Waals surface area contributed by atoms with Crippen molar-refractivity contribution in [3.63, 3.8) is 0 Å². The Morgan fingerprint density at radius 3 is 3.06 bits per heavy atom. The van der Waals surface area contributed by atoms with E-state index < -0.39 is 0 Å². The molecule has 2 rings (SSSR count). The number of halogens is 1. The third-order valence-corrected chi connectivity index (χ3v) is 3.08. The molecular weight excluding hydrogens is 242 g/mol. The lowest BCUT2D eigenvalue weighted by molar-refractivity contribution is 1.10. The van der Waals surface area contributed by atoms with Crippen LogP contribution in [0.5, 0.6) is 0 Å². The summed E-state index contributed by atoms with van der Waals surface area (Å²) in [5.74, 6) is 0. The highest BCUT2D eigenvalue weighted by Crippen LogP contribution is 2.19. The maximum Gasteiger partial charge on any atom is 0.113 e. The van der Waals surface area contributed by atoms with E-state index in [1.807, 2.05) is 12.1 Å². The molecule has 0 spiro atoms. The molecule has 0 saturated heterocycles. The van der Waals surface area contributed by atoms with Crippen molar-refractivity contribution in [2.75, 3.05) is 5.32 Å². The number of aromatic nitrogens is 1. The Balaban J connectivity index is 2.02. The molecule has 0 aliphatic carbocycles. The highest BCUT2D eigenvalue weighted by molar-refractivity contribution is 7.15. The van der Waals surface area contributed by atoms with Gasteiger partial charge in [0.25, 0.3) is 0 Å². The molecule has 1 heterocycles. The number of hydrogen-bond donors (Lipinski definition) is 1. The van der Waals surface area contributed by atoms with Gasteiger partial charge in [0.05, 0.1) is 24.4 Å². The molecule has 1 aromatic heterocycles. The number of hydrogen-bond acceptors (Lipinski definition) is 4. The van der Waals surface area contributed by atoms with Crippen LogP contribution in [0.25, 0.3) is 0 Å². The Morgan fingerprint density at radius 2 is 2.38 bits per heavy atom. The molecule has 5 heteroatoms. The van der Waals surface area contributed by atoms with Crippen molar-refractivity contribution in [3.8, 4) is 6.07 Å². The summed E-state index contributed by atoms with van der Waals surface area (Å²) in [6, 6.07) is 9.42. The number of nitrogens with zero attached hydrogens (tertiary/aromatic N) is 2. The van der Waals surface area contributed by atoms with Crippen molar-refractivity contribution < 1.29 is 0 Å². The summed E-state index contributed by atoms with van der Waals surface area (Å²) < 4.78 is 0.683. The standard InChI is InChI=1S/C11H8ClN3S/c12-10-6-15-11(16-10)7-14-9-3-1-2-8(4-9)5-13/h1-4,6,14H,7H2. The van der Waals surface area contributed by atoms with E-state index in [1.54, 1.807) is 18.3 Å². The van der Waals surface area contributed by atoms with Gasteiger partial charge in [-0.05, 0) is 18.2 Å². The predicted molar refractivity (Wildman–Crippen MR) is 65.6 cm³/mol.